The van der Waals surface area contributed by atoms with Gasteiger partial charge in [0.1, 0.15) is 28.2 Å². The van der Waals surface area contributed by atoms with Crippen molar-refractivity contribution in [2.45, 2.75) is 6.42 Å². The van der Waals surface area contributed by atoms with Crippen LogP contribution in [0.2, 0.25) is 0 Å². The quantitative estimate of drug-likeness (QED) is 0.101. The number of phenols is 1. The first kappa shape index (κ1) is 32.5. The molecular formula is C36H34N2O7S2. The summed E-state index contributed by atoms with van der Waals surface area (Å²) in [6.45, 7) is 5.33. The summed E-state index contributed by atoms with van der Waals surface area (Å²) in [4.78, 5) is 28.9. The summed E-state index contributed by atoms with van der Waals surface area (Å²) < 4.78 is 18.0. The number of aromatic carboxylic acids is 1. The number of carbonyl (C=O) groups is 2. The molecule has 9 nitrogen and oxygen atoms in total. The zero-order valence-corrected chi connectivity index (χ0v) is 27.2. The molecule has 0 bridgehead atoms. The zero-order chi connectivity index (χ0) is 32.8. The number of hydrogen-bond donors (Lipinski definition) is 2. The number of rotatable bonds is 12. The minimum absolute atomic E-state index is 0.149. The van der Waals surface area contributed by atoms with Crippen molar-refractivity contribution in [3.8, 4) is 28.4 Å². The number of carboxylic acids is 1. The highest BCUT2D eigenvalue weighted by Gasteiger charge is 2.31. The second-order valence-corrected chi connectivity index (χ2v) is 12.8. The number of thioether (sulfide) groups is 1. The molecule has 2 fully saturated rings. The SMILES string of the molecule is O=C(O)c1ccc(OCCCN2C(=O)/C(=C/c3ccc(OCCN4CCOCC4)c(-c4ccc5cc(O)ccc5c4)c3)SC2=S)cc1. The fourth-order valence-corrected chi connectivity index (χ4v) is 6.76. The van der Waals surface area contributed by atoms with Gasteiger partial charge in [-0.1, -0.05) is 48.2 Å². The summed E-state index contributed by atoms with van der Waals surface area (Å²) in [5, 5.41) is 20.9. The third-order valence-corrected chi connectivity index (χ3v) is 9.35. The number of phenolic OH excluding ortho intramolecular Hbond substituents is 1. The van der Waals surface area contributed by atoms with Crippen molar-refractivity contribution in [3.05, 3.63) is 94.9 Å². The summed E-state index contributed by atoms with van der Waals surface area (Å²) in [5.74, 6) is 0.391. The van der Waals surface area contributed by atoms with E-state index < -0.39 is 5.97 Å². The van der Waals surface area contributed by atoms with Gasteiger partial charge in [-0.05, 0) is 89.0 Å². The number of nitrogens with zero attached hydrogens (tertiary/aromatic N) is 2. The first-order valence-electron chi connectivity index (χ1n) is 15.4. The number of fused-ring (bicyclic) bond motifs is 1. The van der Waals surface area contributed by atoms with Crippen molar-refractivity contribution >= 4 is 57.0 Å². The number of thiocarbonyl (C=S) groups is 1. The Hall–Kier alpha value is -4.42. The lowest BCUT2D eigenvalue weighted by Crippen LogP contribution is -2.38. The normalized spacial score (nSPS) is 16.3. The van der Waals surface area contributed by atoms with Crippen molar-refractivity contribution in [1.29, 1.82) is 0 Å². The summed E-state index contributed by atoms with van der Waals surface area (Å²) >= 11 is 6.83. The van der Waals surface area contributed by atoms with E-state index in [2.05, 4.69) is 11.0 Å². The fourth-order valence-electron chi connectivity index (χ4n) is 5.45. The molecule has 0 spiro atoms. The van der Waals surface area contributed by atoms with Crippen LogP contribution in [0.25, 0.3) is 28.0 Å². The van der Waals surface area contributed by atoms with Gasteiger partial charge in [-0.2, -0.15) is 0 Å². The Morgan fingerprint density at radius 3 is 2.47 bits per heavy atom. The van der Waals surface area contributed by atoms with Crippen molar-refractivity contribution in [2.24, 2.45) is 0 Å². The van der Waals surface area contributed by atoms with E-state index in [1.165, 1.54) is 23.9 Å². The molecule has 242 valence electrons. The van der Waals surface area contributed by atoms with Gasteiger partial charge >= 0.3 is 5.97 Å². The molecule has 0 saturated carbocycles. The Kier molecular flexibility index (Phi) is 10.4. The molecule has 2 N–H and O–H groups in total. The van der Waals surface area contributed by atoms with Gasteiger partial charge in [0.2, 0.25) is 0 Å². The molecule has 1 amide bonds. The van der Waals surface area contributed by atoms with E-state index in [0.29, 0.717) is 41.2 Å². The number of morpholine rings is 1. The third-order valence-electron chi connectivity index (χ3n) is 7.97. The van der Waals surface area contributed by atoms with Crippen LogP contribution >= 0.6 is 24.0 Å². The van der Waals surface area contributed by atoms with E-state index in [9.17, 15) is 14.7 Å². The third kappa shape index (κ3) is 8.12. The number of carbonyl (C=O) groups excluding carboxylic acids is 1. The second kappa shape index (κ2) is 15.0. The molecule has 6 rings (SSSR count). The van der Waals surface area contributed by atoms with Crippen LogP contribution in [0.5, 0.6) is 17.2 Å². The standard InChI is InChI=1S/C36H34N2O7S2/c39-29-8-5-26-22-28(4-3-27(26)23-29)31-20-24(2-11-32(31)45-19-15-37-13-17-43-18-14-37)21-33-34(40)38(36(46)47-33)12-1-16-44-30-9-6-25(7-10-30)35(41)42/h2-11,20-23,39H,1,12-19H2,(H,41,42)/b33-21-. The van der Waals surface area contributed by atoms with E-state index in [0.717, 1.165) is 66.1 Å². The molecule has 0 atom stereocenters. The summed E-state index contributed by atoms with van der Waals surface area (Å²) in [7, 11) is 0. The van der Waals surface area contributed by atoms with Gasteiger partial charge in [-0.15, -0.1) is 0 Å². The first-order valence-corrected chi connectivity index (χ1v) is 16.6. The van der Waals surface area contributed by atoms with Gasteiger partial charge < -0.3 is 24.4 Å². The lowest BCUT2D eigenvalue weighted by Gasteiger charge is -2.26. The minimum Gasteiger partial charge on any atom is -0.508 e. The molecule has 0 unspecified atom stereocenters. The summed E-state index contributed by atoms with van der Waals surface area (Å²) in [5.41, 5.74) is 2.91. The molecule has 11 heteroatoms. The van der Waals surface area contributed by atoms with Crippen molar-refractivity contribution < 1.29 is 34.0 Å². The Morgan fingerprint density at radius 1 is 0.915 bits per heavy atom. The molecule has 0 aliphatic carbocycles. The predicted molar refractivity (Wildman–Crippen MR) is 187 cm³/mol. The largest absolute Gasteiger partial charge is 0.508 e. The molecule has 2 saturated heterocycles. The van der Waals surface area contributed by atoms with Crippen LogP contribution in [0, 0.1) is 0 Å². The highest BCUT2D eigenvalue weighted by molar-refractivity contribution is 8.26. The van der Waals surface area contributed by atoms with Crippen LogP contribution in [0.3, 0.4) is 0 Å². The maximum atomic E-state index is 13.4. The molecule has 4 aromatic rings. The molecule has 2 aliphatic heterocycles. The average molecular weight is 671 g/mol. The maximum absolute atomic E-state index is 13.4. The molecule has 2 aliphatic rings. The van der Waals surface area contributed by atoms with Crippen LogP contribution in [0.4, 0.5) is 0 Å². The molecule has 0 aromatic heterocycles. The number of amides is 1. The predicted octanol–water partition coefficient (Wildman–Crippen LogP) is 6.29. The summed E-state index contributed by atoms with van der Waals surface area (Å²) in [6, 6.07) is 23.5. The molecule has 4 aromatic carbocycles. The Labute approximate surface area is 282 Å². The van der Waals surface area contributed by atoms with Crippen LogP contribution in [-0.2, 0) is 9.53 Å². The highest BCUT2D eigenvalue weighted by atomic mass is 32.2. The van der Waals surface area contributed by atoms with Crippen LogP contribution < -0.4 is 9.47 Å². The Balaban J connectivity index is 1.16. The Bertz CT molecular complexity index is 1820. The van der Waals surface area contributed by atoms with Crippen molar-refractivity contribution in [3.63, 3.8) is 0 Å². The lowest BCUT2D eigenvalue weighted by molar-refractivity contribution is -0.122. The molecular weight excluding hydrogens is 637 g/mol. The van der Waals surface area contributed by atoms with E-state index in [1.54, 1.807) is 29.2 Å². The monoisotopic (exact) mass is 670 g/mol. The molecule has 0 radical (unpaired) electrons. The van der Waals surface area contributed by atoms with E-state index in [-0.39, 0.29) is 17.2 Å². The van der Waals surface area contributed by atoms with Crippen LogP contribution in [0.1, 0.15) is 22.3 Å². The smallest absolute Gasteiger partial charge is 0.335 e. The Morgan fingerprint density at radius 2 is 1.68 bits per heavy atom. The average Bonchev–Trinajstić information content (AvgIpc) is 3.34. The highest BCUT2D eigenvalue weighted by Crippen LogP contribution is 2.37. The van der Waals surface area contributed by atoms with Gasteiger partial charge in [-0.25, -0.2) is 4.79 Å². The van der Waals surface area contributed by atoms with Gasteiger partial charge in [0.25, 0.3) is 5.91 Å². The van der Waals surface area contributed by atoms with Gasteiger partial charge in [0.05, 0.1) is 30.3 Å². The van der Waals surface area contributed by atoms with E-state index >= 15 is 0 Å². The van der Waals surface area contributed by atoms with Crippen molar-refractivity contribution in [1.82, 2.24) is 9.80 Å². The molecule has 47 heavy (non-hydrogen) atoms. The molecule has 2 heterocycles. The maximum Gasteiger partial charge on any atom is 0.335 e. The first-order chi connectivity index (χ1) is 22.8. The second-order valence-electron chi connectivity index (χ2n) is 11.2. The number of benzene rings is 4. The number of ether oxygens (including phenoxy) is 3. The minimum atomic E-state index is -0.991. The number of aromatic hydroxyl groups is 1. The van der Waals surface area contributed by atoms with Gasteiger partial charge in [0.15, 0.2) is 0 Å². The topological polar surface area (TPSA) is 109 Å². The zero-order valence-electron chi connectivity index (χ0n) is 25.6. The number of carboxylic acid groups (broad SMARTS) is 1. The lowest BCUT2D eigenvalue weighted by atomic mass is 9.98. The van der Waals surface area contributed by atoms with Crippen molar-refractivity contribution in [2.75, 3.05) is 52.6 Å². The van der Waals surface area contributed by atoms with Gasteiger partial charge in [-0.3, -0.25) is 14.6 Å². The van der Waals surface area contributed by atoms with Crippen LogP contribution in [0.15, 0.2) is 83.8 Å². The van der Waals surface area contributed by atoms with Gasteiger partial charge in [0, 0.05) is 31.7 Å². The van der Waals surface area contributed by atoms with Crippen LogP contribution in [-0.4, -0.2) is 88.8 Å². The fraction of sp³-hybridized carbons (Fsp3) is 0.250. The number of hydrogen-bond acceptors (Lipinski definition) is 9. The van der Waals surface area contributed by atoms with E-state index in [4.69, 9.17) is 31.5 Å². The van der Waals surface area contributed by atoms with E-state index in [1.807, 2.05) is 42.5 Å². The summed E-state index contributed by atoms with van der Waals surface area (Å²) in [6.07, 6.45) is 2.42.